The molecule has 0 aromatic rings. The molecule has 3 fully saturated rings. The lowest BCUT2D eigenvalue weighted by Crippen LogP contribution is -2.49. The molecule has 0 aromatic carbocycles. The number of carbonyl (C=O) groups is 1. The smallest absolute Gasteiger partial charge is 0.155 e. The number of hydrogen-bond donors (Lipinski definition) is 1. The molecule has 4 rings (SSSR count). The maximum atomic E-state index is 11.8. The highest BCUT2D eigenvalue weighted by Gasteiger charge is 2.57. The van der Waals surface area contributed by atoms with Gasteiger partial charge in [-0.1, -0.05) is 19.4 Å². The predicted octanol–water partition coefficient (Wildman–Crippen LogP) is 3.88. The standard InChI is InChI=1S/C19H28O2/c1-18-7-6-16-15(17(18)10-14(21)11-18)4-3-12-9-13(20)5-8-19(12,16)2/h9,14-17,21H,3-8,10-11H2,1-2H3/t14-,15-,16+,17+,18-,19+/m1/s1. The number of aliphatic hydroxyl groups excluding tert-OH is 1. The highest BCUT2D eigenvalue weighted by atomic mass is 16.3. The largest absolute Gasteiger partial charge is 0.393 e. The molecule has 4 aliphatic carbocycles. The summed E-state index contributed by atoms with van der Waals surface area (Å²) in [7, 11) is 0. The molecule has 116 valence electrons. The molecular weight excluding hydrogens is 260 g/mol. The van der Waals surface area contributed by atoms with Gasteiger partial charge in [0.15, 0.2) is 5.78 Å². The van der Waals surface area contributed by atoms with E-state index in [1.807, 2.05) is 6.08 Å². The molecule has 2 heteroatoms. The normalized spacial score (nSPS) is 52.7. The lowest BCUT2D eigenvalue weighted by Gasteiger charge is -2.57. The molecule has 0 bridgehead atoms. The quantitative estimate of drug-likeness (QED) is 0.734. The first-order chi connectivity index (χ1) is 9.92. The predicted molar refractivity (Wildman–Crippen MR) is 82.7 cm³/mol. The third-order valence-corrected chi connectivity index (χ3v) is 7.71. The second-order valence-electron chi connectivity index (χ2n) is 8.76. The molecule has 21 heavy (non-hydrogen) atoms. The van der Waals surface area contributed by atoms with Crippen LogP contribution < -0.4 is 0 Å². The number of rotatable bonds is 0. The summed E-state index contributed by atoms with van der Waals surface area (Å²) in [6, 6.07) is 0. The van der Waals surface area contributed by atoms with Crippen molar-refractivity contribution in [2.75, 3.05) is 0 Å². The monoisotopic (exact) mass is 288 g/mol. The van der Waals surface area contributed by atoms with Gasteiger partial charge in [0, 0.05) is 6.42 Å². The molecule has 0 unspecified atom stereocenters. The topological polar surface area (TPSA) is 37.3 Å². The number of hydrogen-bond acceptors (Lipinski definition) is 2. The van der Waals surface area contributed by atoms with Crippen molar-refractivity contribution in [2.45, 2.75) is 71.3 Å². The van der Waals surface area contributed by atoms with Crippen LogP contribution in [0, 0.1) is 28.6 Å². The lowest BCUT2D eigenvalue weighted by molar-refractivity contribution is -0.117. The van der Waals surface area contributed by atoms with Gasteiger partial charge in [-0.2, -0.15) is 0 Å². The third-order valence-electron chi connectivity index (χ3n) is 7.71. The maximum Gasteiger partial charge on any atom is 0.155 e. The summed E-state index contributed by atoms with van der Waals surface area (Å²) >= 11 is 0. The fraction of sp³-hybridized carbons (Fsp3) is 0.842. The van der Waals surface area contributed by atoms with Crippen molar-refractivity contribution in [3.63, 3.8) is 0 Å². The van der Waals surface area contributed by atoms with Gasteiger partial charge in [-0.05, 0) is 79.6 Å². The van der Waals surface area contributed by atoms with Crippen LogP contribution in [-0.4, -0.2) is 17.0 Å². The summed E-state index contributed by atoms with van der Waals surface area (Å²) in [6.07, 6.45) is 10.7. The van der Waals surface area contributed by atoms with Gasteiger partial charge in [-0.3, -0.25) is 4.79 Å². The molecule has 0 heterocycles. The Labute approximate surface area is 128 Å². The summed E-state index contributed by atoms with van der Waals surface area (Å²) in [5.41, 5.74) is 2.09. The van der Waals surface area contributed by atoms with Crippen molar-refractivity contribution in [1.82, 2.24) is 0 Å². The van der Waals surface area contributed by atoms with Crippen LogP contribution >= 0.6 is 0 Å². The van der Waals surface area contributed by atoms with Crippen LogP contribution in [-0.2, 0) is 4.79 Å². The molecule has 3 saturated carbocycles. The fourth-order valence-electron chi connectivity index (χ4n) is 6.58. The first-order valence-corrected chi connectivity index (χ1v) is 8.84. The molecule has 1 N–H and O–H groups in total. The van der Waals surface area contributed by atoms with E-state index in [-0.39, 0.29) is 11.5 Å². The zero-order valence-corrected chi connectivity index (χ0v) is 13.4. The Hall–Kier alpha value is -0.630. The van der Waals surface area contributed by atoms with Crippen LogP contribution in [0.25, 0.3) is 0 Å². The SMILES string of the molecule is C[C@]12CC[C@H]3[C@@H](CCC4=CC(=O)CC[C@@]43C)[C@@H]1C[C@@H](O)C2. The van der Waals surface area contributed by atoms with Crippen LogP contribution in [0.3, 0.4) is 0 Å². The first kappa shape index (κ1) is 14.0. The van der Waals surface area contributed by atoms with Crippen LogP contribution in [0.15, 0.2) is 11.6 Å². The molecule has 0 spiro atoms. The zero-order valence-electron chi connectivity index (χ0n) is 13.4. The van der Waals surface area contributed by atoms with Crippen LogP contribution in [0.5, 0.6) is 0 Å². The van der Waals surface area contributed by atoms with Gasteiger partial charge in [0.1, 0.15) is 0 Å². The van der Waals surface area contributed by atoms with Crippen LogP contribution in [0.1, 0.15) is 65.2 Å². The van der Waals surface area contributed by atoms with Gasteiger partial charge in [0.05, 0.1) is 6.10 Å². The molecule has 0 aliphatic heterocycles. The van der Waals surface area contributed by atoms with Crippen molar-refractivity contribution < 1.29 is 9.90 Å². The minimum Gasteiger partial charge on any atom is -0.393 e. The fourth-order valence-corrected chi connectivity index (χ4v) is 6.58. The van der Waals surface area contributed by atoms with E-state index < -0.39 is 0 Å². The first-order valence-electron chi connectivity index (χ1n) is 8.84. The Morgan fingerprint density at radius 2 is 1.95 bits per heavy atom. The Balaban J connectivity index is 1.68. The molecule has 6 atom stereocenters. The van der Waals surface area contributed by atoms with Crippen LogP contribution in [0.2, 0.25) is 0 Å². The van der Waals surface area contributed by atoms with Gasteiger partial charge < -0.3 is 5.11 Å². The Morgan fingerprint density at radius 3 is 2.76 bits per heavy atom. The summed E-state index contributed by atoms with van der Waals surface area (Å²) in [4.78, 5) is 11.8. The minimum absolute atomic E-state index is 0.0728. The Bertz CT molecular complexity index is 508. The highest BCUT2D eigenvalue weighted by Crippen LogP contribution is 2.65. The van der Waals surface area contributed by atoms with E-state index in [2.05, 4.69) is 13.8 Å². The summed E-state index contributed by atoms with van der Waals surface area (Å²) in [5.74, 6) is 2.57. The average molecular weight is 288 g/mol. The molecule has 0 saturated heterocycles. The highest BCUT2D eigenvalue weighted by molar-refractivity contribution is 5.91. The number of allylic oxidation sites excluding steroid dienone is 1. The number of fused-ring (bicyclic) bond motifs is 5. The van der Waals surface area contributed by atoms with Gasteiger partial charge in [-0.25, -0.2) is 0 Å². The van der Waals surface area contributed by atoms with Crippen molar-refractivity contribution in [3.8, 4) is 0 Å². The van der Waals surface area contributed by atoms with E-state index >= 15 is 0 Å². The maximum absolute atomic E-state index is 11.8. The van der Waals surface area contributed by atoms with E-state index in [4.69, 9.17) is 0 Å². The summed E-state index contributed by atoms with van der Waals surface area (Å²) in [5, 5.41) is 10.2. The van der Waals surface area contributed by atoms with Crippen LogP contribution in [0.4, 0.5) is 0 Å². The average Bonchev–Trinajstić information content (AvgIpc) is 2.74. The Morgan fingerprint density at radius 1 is 1.14 bits per heavy atom. The van der Waals surface area contributed by atoms with E-state index in [0.717, 1.165) is 43.9 Å². The summed E-state index contributed by atoms with van der Waals surface area (Å²) < 4.78 is 0. The second-order valence-corrected chi connectivity index (χ2v) is 8.76. The second kappa shape index (κ2) is 4.44. The van der Waals surface area contributed by atoms with Crippen molar-refractivity contribution in [3.05, 3.63) is 11.6 Å². The molecule has 0 amide bonds. The molecule has 2 nitrogen and oxygen atoms in total. The van der Waals surface area contributed by atoms with Gasteiger partial charge in [-0.15, -0.1) is 0 Å². The Kier molecular flexibility index (Phi) is 2.96. The molecule has 4 aliphatic rings. The van der Waals surface area contributed by atoms with Crippen molar-refractivity contribution in [1.29, 1.82) is 0 Å². The van der Waals surface area contributed by atoms with Gasteiger partial charge in [0.25, 0.3) is 0 Å². The van der Waals surface area contributed by atoms with Crippen molar-refractivity contribution >= 4 is 5.78 Å². The zero-order chi connectivity index (χ0) is 14.8. The minimum atomic E-state index is -0.0728. The van der Waals surface area contributed by atoms with Gasteiger partial charge >= 0.3 is 0 Å². The van der Waals surface area contributed by atoms with Crippen molar-refractivity contribution in [2.24, 2.45) is 28.6 Å². The number of carbonyl (C=O) groups excluding carboxylic acids is 1. The molecule has 0 aromatic heterocycles. The van der Waals surface area contributed by atoms with E-state index in [1.165, 1.54) is 24.8 Å². The number of aliphatic hydroxyl groups is 1. The van der Waals surface area contributed by atoms with E-state index in [9.17, 15) is 9.90 Å². The third kappa shape index (κ3) is 1.91. The summed E-state index contributed by atoms with van der Waals surface area (Å²) in [6.45, 7) is 4.85. The lowest BCUT2D eigenvalue weighted by atomic mass is 9.47. The van der Waals surface area contributed by atoms with E-state index in [1.54, 1.807) is 0 Å². The van der Waals surface area contributed by atoms with E-state index in [0.29, 0.717) is 17.1 Å². The van der Waals surface area contributed by atoms with Gasteiger partial charge in [0.2, 0.25) is 0 Å². The molecular formula is C19H28O2. The molecule has 0 radical (unpaired) electrons. The number of ketones is 1.